The fraction of sp³-hybridized carbons (Fsp3) is 0.320. The number of amides is 1. The van der Waals surface area contributed by atoms with Crippen molar-refractivity contribution in [3.8, 4) is 0 Å². The van der Waals surface area contributed by atoms with Crippen molar-refractivity contribution in [3.63, 3.8) is 0 Å². The Labute approximate surface area is 183 Å². The summed E-state index contributed by atoms with van der Waals surface area (Å²) >= 11 is 0. The maximum absolute atomic E-state index is 12.0. The van der Waals surface area contributed by atoms with Gasteiger partial charge in [-0.15, -0.1) is 0 Å². The van der Waals surface area contributed by atoms with Gasteiger partial charge in [-0.25, -0.2) is 9.97 Å². The summed E-state index contributed by atoms with van der Waals surface area (Å²) in [6.45, 7) is 3.98. The Morgan fingerprint density at radius 1 is 1.13 bits per heavy atom. The lowest BCUT2D eigenvalue weighted by molar-refractivity contribution is -0.120. The maximum atomic E-state index is 12.0. The molecule has 1 fully saturated rings. The van der Waals surface area contributed by atoms with E-state index in [4.69, 9.17) is 16.5 Å². The van der Waals surface area contributed by atoms with Crippen molar-refractivity contribution in [2.24, 2.45) is 11.5 Å². The molecule has 0 saturated heterocycles. The van der Waals surface area contributed by atoms with E-state index in [0.717, 1.165) is 59.3 Å². The first-order valence-corrected chi connectivity index (χ1v) is 10.7. The zero-order valence-corrected chi connectivity index (χ0v) is 18.1. The Balaban J connectivity index is 1.50. The maximum Gasteiger partial charge on any atom is 0.228 e. The molecular weight excluding hydrogens is 386 g/mol. The quantitative estimate of drug-likeness (QED) is 0.518. The molecule has 0 aliphatic heterocycles. The van der Waals surface area contributed by atoms with Crippen LogP contribution in [0.25, 0.3) is 0 Å². The molecule has 0 radical (unpaired) electrons. The molecule has 1 aliphatic carbocycles. The van der Waals surface area contributed by atoms with Crippen LogP contribution in [0.5, 0.6) is 0 Å². The molecule has 1 aliphatic rings. The second kappa shape index (κ2) is 8.47. The van der Waals surface area contributed by atoms with Gasteiger partial charge < -0.3 is 16.8 Å². The zero-order chi connectivity index (χ0) is 22.0. The number of nitrogens with two attached hydrogens (primary N) is 2. The van der Waals surface area contributed by atoms with Crippen LogP contribution in [0, 0.1) is 6.92 Å². The summed E-state index contributed by atoms with van der Waals surface area (Å²) in [4.78, 5) is 21.2. The molecule has 3 aromatic rings. The predicted octanol–water partition coefficient (Wildman–Crippen LogP) is 3.85. The number of hydrogen-bond acceptors (Lipinski definition) is 5. The summed E-state index contributed by atoms with van der Waals surface area (Å²) in [6, 6.07) is 16.1. The van der Waals surface area contributed by atoms with E-state index < -0.39 is 5.41 Å². The third-order valence-electron chi connectivity index (χ3n) is 6.15. The van der Waals surface area contributed by atoms with Crippen LogP contribution in [-0.4, -0.2) is 15.9 Å². The van der Waals surface area contributed by atoms with Gasteiger partial charge in [0.2, 0.25) is 11.9 Å². The second-order valence-electron chi connectivity index (χ2n) is 8.46. The Hall–Kier alpha value is -3.25. The largest absolute Gasteiger partial charge is 0.369 e. The Morgan fingerprint density at radius 3 is 2.48 bits per heavy atom. The molecule has 1 heterocycles. The van der Waals surface area contributed by atoms with E-state index in [0.29, 0.717) is 5.95 Å². The number of primary amides is 1. The van der Waals surface area contributed by atoms with Gasteiger partial charge in [0.05, 0.1) is 5.41 Å². The van der Waals surface area contributed by atoms with Crippen LogP contribution in [0.3, 0.4) is 0 Å². The van der Waals surface area contributed by atoms with E-state index in [-0.39, 0.29) is 11.9 Å². The van der Waals surface area contributed by atoms with E-state index in [1.54, 1.807) is 0 Å². The van der Waals surface area contributed by atoms with Crippen molar-refractivity contribution in [2.45, 2.75) is 51.0 Å². The van der Waals surface area contributed by atoms with Crippen molar-refractivity contribution >= 4 is 17.5 Å². The number of aryl methyl sites for hydroxylation is 3. The number of aromatic nitrogens is 2. The highest BCUT2D eigenvalue weighted by atomic mass is 16.1. The molecule has 2 aromatic carbocycles. The number of anilines is 2. The van der Waals surface area contributed by atoms with Crippen molar-refractivity contribution in [1.82, 2.24) is 9.97 Å². The van der Waals surface area contributed by atoms with E-state index in [1.807, 2.05) is 62.5 Å². The van der Waals surface area contributed by atoms with Gasteiger partial charge in [-0.05, 0) is 73.9 Å². The fourth-order valence-electron chi connectivity index (χ4n) is 4.02. The smallest absolute Gasteiger partial charge is 0.228 e. The Morgan fingerprint density at radius 2 is 1.84 bits per heavy atom. The summed E-state index contributed by atoms with van der Waals surface area (Å²) in [5, 5.41) is 3.27. The molecule has 0 spiro atoms. The molecule has 6 nitrogen and oxygen atoms in total. The lowest BCUT2D eigenvalue weighted by Gasteiger charge is -2.17. The van der Waals surface area contributed by atoms with E-state index in [2.05, 4.69) is 16.4 Å². The van der Waals surface area contributed by atoms with Crippen molar-refractivity contribution in [3.05, 3.63) is 82.7 Å². The molecule has 160 valence electrons. The first-order valence-electron chi connectivity index (χ1n) is 10.7. The molecule has 4 rings (SSSR count). The Bertz CT molecular complexity index is 1090. The SMILES string of the molecule is Cc1cnc(Nc2ccc(C(C)N)cc2)nc1CCc1ccccc1C1(C(N)=O)CC1. The molecule has 1 atom stereocenters. The molecule has 6 heteroatoms. The predicted molar refractivity (Wildman–Crippen MR) is 123 cm³/mol. The number of nitrogens with zero attached hydrogens (tertiary/aromatic N) is 2. The van der Waals surface area contributed by atoms with Crippen LogP contribution < -0.4 is 16.8 Å². The molecule has 1 saturated carbocycles. The number of nitrogens with one attached hydrogen (secondary N) is 1. The highest BCUT2D eigenvalue weighted by molar-refractivity contribution is 5.90. The average Bonchev–Trinajstić information content (AvgIpc) is 3.57. The minimum atomic E-state index is -0.475. The summed E-state index contributed by atoms with van der Waals surface area (Å²) in [5.74, 6) is 0.345. The van der Waals surface area contributed by atoms with Gasteiger partial charge in [0.1, 0.15) is 0 Å². The van der Waals surface area contributed by atoms with Crippen LogP contribution in [0.15, 0.2) is 54.7 Å². The van der Waals surface area contributed by atoms with Gasteiger partial charge in [0, 0.05) is 23.6 Å². The van der Waals surface area contributed by atoms with Crippen molar-refractivity contribution in [2.75, 3.05) is 5.32 Å². The average molecular weight is 416 g/mol. The van der Waals surface area contributed by atoms with E-state index in [9.17, 15) is 4.79 Å². The summed E-state index contributed by atoms with van der Waals surface area (Å²) in [5.41, 5.74) is 17.4. The van der Waals surface area contributed by atoms with Crippen molar-refractivity contribution < 1.29 is 4.79 Å². The minimum Gasteiger partial charge on any atom is -0.369 e. The number of hydrogen-bond donors (Lipinski definition) is 3. The van der Waals surface area contributed by atoms with Crippen LogP contribution >= 0.6 is 0 Å². The number of rotatable bonds is 8. The van der Waals surface area contributed by atoms with Crippen LogP contribution in [0.1, 0.15) is 53.8 Å². The van der Waals surface area contributed by atoms with Crippen LogP contribution in [0.4, 0.5) is 11.6 Å². The molecule has 1 aromatic heterocycles. The first kappa shape index (κ1) is 21.0. The Kier molecular flexibility index (Phi) is 5.74. The van der Waals surface area contributed by atoms with Gasteiger partial charge in [-0.2, -0.15) is 0 Å². The van der Waals surface area contributed by atoms with Gasteiger partial charge in [0.15, 0.2) is 0 Å². The third-order valence-corrected chi connectivity index (χ3v) is 6.15. The topological polar surface area (TPSA) is 107 Å². The normalized spacial score (nSPS) is 15.3. The molecule has 5 N–H and O–H groups in total. The highest BCUT2D eigenvalue weighted by Gasteiger charge is 2.50. The first-order chi connectivity index (χ1) is 14.9. The monoisotopic (exact) mass is 415 g/mol. The lowest BCUT2D eigenvalue weighted by Crippen LogP contribution is -2.29. The second-order valence-corrected chi connectivity index (χ2v) is 8.46. The number of carbonyl (C=O) groups is 1. The molecule has 1 unspecified atom stereocenters. The molecule has 31 heavy (non-hydrogen) atoms. The van der Waals surface area contributed by atoms with Gasteiger partial charge in [-0.1, -0.05) is 36.4 Å². The standard InChI is InChI=1S/C25H29N5O/c1-16-15-28-24(29-20-10-7-18(8-11-20)17(2)26)30-22(16)12-9-19-5-3-4-6-21(19)25(13-14-25)23(27)31/h3-8,10-11,15,17H,9,12-14,26H2,1-2H3,(H2,27,31)(H,28,29,30). The lowest BCUT2D eigenvalue weighted by atomic mass is 9.88. The van der Waals surface area contributed by atoms with Crippen LogP contribution in [-0.2, 0) is 23.1 Å². The number of benzene rings is 2. The van der Waals surface area contributed by atoms with Gasteiger partial charge in [0.25, 0.3) is 0 Å². The molecule has 1 amide bonds. The third kappa shape index (κ3) is 4.44. The van der Waals surface area contributed by atoms with Gasteiger partial charge in [-0.3, -0.25) is 4.79 Å². The molecular formula is C25H29N5O. The highest BCUT2D eigenvalue weighted by Crippen LogP contribution is 2.49. The van der Waals surface area contributed by atoms with Crippen LogP contribution in [0.2, 0.25) is 0 Å². The zero-order valence-electron chi connectivity index (χ0n) is 18.1. The van der Waals surface area contributed by atoms with E-state index in [1.165, 1.54) is 0 Å². The summed E-state index contributed by atoms with van der Waals surface area (Å²) < 4.78 is 0. The fourth-order valence-corrected chi connectivity index (χ4v) is 4.02. The van der Waals surface area contributed by atoms with E-state index >= 15 is 0 Å². The van der Waals surface area contributed by atoms with Gasteiger partial charge >= 0.3 is 0 Å². The minimum absolute atomic E-state index is 0.00324. The van der Waals surface area contributed by atoms with Crippen molar-refractivity contribution in [1.29, 1.82) is 0 Å². The molecule has 0 bridgehead atoms. The number of carbonyl (C=O) groups excluding carboxylic acids is 1. The summed E-state index contributed by atoms with van der Waals surface area (Å²) in [6.07, 6.45) is 5.08. The summed E-state index contributed by atoms with van der Waals surface area (Å²) in [7, 11) is 0.